The number of pyridine rings is 1. The third kappa shape index (κ3) is 4.74. The number of aromatic nitrogens is 2. The maximum absolute atomic E-state index is 14.0. The number of imidazole rings is 1. The number of anilines is 2. The molecule has 0 unspecified atom stereocenters. The summed E-state index contributed by atoms with van der Waals surface area (Å²) in [6.07, 6.45) is 1.71. The third-order valence-electron chi connectivity index (χ3n) is 6.43. The first-order valence-electron chi connectivity index (χ1n) is 11.8. The SMILES string of the molecule is Cc1nc2c(OCc3c(F)cccc3F)cccn2c1C(=O)Nc1ccc(N2CCN(C)CC2)cc1. The number of hydrogen-bond acceptors (Lipinski definition) is 5. The molecule has 186 valence electrons. The van der Waals surface area contributed by atoms with Gasteiger partial charge >= 0.3 is 0 Å². The van der Waals surface area contributed by atoms with E-state index in [1.165, 1.54) is 18.2 Å². The number of amides is 1. The Morgan fingerprint density at radius 2 is 1.69 bits per heavy atom. The van der Waals surface area contributed by atoms with E-state index in [2.05, 4.69) is 27.1 Å². The number of fused-ring (bicyclic) bond motifs is 1. The van der Waals surface area contributed by atoms with Crippen LogP contribution in [0.4, 0.5) is 20.2 Å². The number of ether oxygens (including phenoxy) is 1. The second kappa shape index (κ2) is 9.94. The van der Waals surface area contributed by atoms with E-state index in [1.54, 1.807) is 29.7 Å². The van der Waals surface area contributed by atoms with Gasteiger partial charge in [0.1, 0.15) is 23.9 Å². The van der Waals surface area contributed by atoms with Gasteiger partial charge in [0.05, 0.1) is 11.3 Å². The van der Waals surface area contributed by atoms with Crippen LogP contribution in [0.15, 0.2) is 60.8 Å². The Morgan fingerprint density at radius 3 is 2.39 bits per heavy atom. The summed E-state index contributed by atoms with van der Waals surface area (Å²) >= 11 is 0. The number of carbonyl (C=O) groups excluding carboxylic acids is 1. The van der Waals surface area contributed by atoms with Crippen LogP contribution in [0.25, 0.3) is 5.65 Å². The molecule has 2 aromatic carbocycles. The Morgan fingerprint density at radius 1 is 1.00 bits per heavy atom. The van der Waals surface area contributed by atoms with E-state index in [4.69, 9.17) is 4.74 Å². The van der Waals surface area contributed by atoms with Gasteiger partial charge in [0.25, 0.3) is 5.91 Å². The number of piperazine rings is 1. The number of hydrogen-bond donors (Lipinski definition) is 1. The predicted octanol–water partition coefficient (Wildman–Crippen LogP) is 4.50. The van der Waals surface area contributed by atoms with Crippen LogP contribution in [0.1, 0.15) is 21.7 Å². The standard InChI is InChI=1S/C27H27F2N5O2/c1-18-25(27(35)31-19-8-10-20(11-9-19)33-15-13-32(2)14-16-33)34-12-4-7-24(26(34)30-18)36-17-21-22(28)5-3-6-23(21)29/h3-12H,13-17H2,1-2H3,(H,31,35). The third-order valence-corrected chi connectivity index (χ3v) is 6.43. The first-order valence-corrected chi connectivity index (χ1v) is 11.8. The van der Waals surface area contributed by atoms with Gasteiger partial charge in [0.2, 0.25) is 0 Å². The number of rotatable bonds is 6. The normalized spacial score (nSPS) is 14.3. The van der Waals surface area contributed by atoms with Crippen molar-refractivity contribution in [1.82, 2.24) is 14.3 Å². The van der Waals surface area contributed by atoms with Gasteiger partial charge in [-0.25, -0.2) is 13.8 Å². The minimum atomic E-state index is -0.680. The average Bonchev–Trinajstić information content (AvgIpc) is 3.21. The highest BCUT2D eigenvalue weighted by molar-refractivity contribution is 6.04. The van der Waals surface area contributed by atoms with Gasteiger partial charge in [-0.1, -0.05) is 6.07 Å². The number of nitrogens with one attached hydrogen (secondary N) is 1. The van der Waals surface area contributed by atoms with Crippen molar-refractivity contribution in [3.63, 3.8) is 0 Å². The van der Waals surface area contributed by atoms with Crippen molar-refractivity contribution in [3.8, 4) is 5.75 Å². The molecule has 0 bridgehead atoms. The van der Waals surface area contributed by atoms with Gasteiger partial charge in [0.15, 0.2) is 11.4 Å². The molecule has 1 saturated heterocycles. The second-order valence-corrected chi connectivity index (χ2v) is 8.89. The second-order valence-electron chi connectivity index (χ2n) is 8.89. The summed E-state index contributed by atoms with van der Waals surface area (Å²) in [7, 11) is 2.12. The van der Waals surface area contributed by atoms with Crippen molar-refractivity contribution >= 4 is 22.9 Å². The van der Waals surface area contributed by atoms with Crippen LogP contribution >= 0.6 is 0 Å². The smallest absolute Gasteiger partial charge is 0.274 e. The van der Waals surface area contributed by atoms with Crippen molar-refractivity contribution in [1.29, 1.82) is 0 Å². The number of benzene rings is 2. The quantitative estimate of drug-likeness (QED) is 0.430. The molecular weight excluding hydrogens is 464 g/mol. The zero-order valence-corrected chi connectivity index (χ0v) is 20.2. The molecule has 0 atom stereocenters. The van der Waals surface area contributed by atoms with E-state index < -0.39 is 11.6 Å². The van der Waals surface area contributed by atoms with E-state index in [9.17, 15) is 13.6 Å². The molecule has 4 aromatic rings. The maximum atomic E-state index is 14.0. The highest BCUT2D eigenvalue weighted by Gasteiger charge is 2.20. The topological polar surface area (TPSA) is 62.1 Å². The van der Waals surface area contributed by atoms with Crippen molar-refractivity contribution in [2.45, 2.75) is 13.5 Å². The fourth-order valence-electron chi connectivity index (χ4n) is 4.37. The fourth-order valence-corrected chi connectivity index (χ4v) is 4.37. The summed E-state index contributed by atoms with van der Waals surface area (Å²) in [6.45, 7) is 5.41. The zero-order chi connectivity index (χ0) is 25.2. The van der Waals surface area contributed by atoms with E-state index >= 15 is 0 Å². The summed E-state index contributed by atoms with van der Waals surface area (Å²) in [5.74, 6) is -1.36. The molecule has 7 nitrogen and oxygen atoms in total. The molecule has 0 saturated carbocycles. The Labute approximate surface area is 207 Å². The molecule has 1 N–H and O–H groups in total. The van der Waals surface area contributed by atoms with Crippen molar-refractivity contribution in [2.24, 2.45) is 0 Å². The monoisotopic (exact) mass is 491 g/mol. The lowest BCUT2D eigenvalue weighted by atomic mass is 10.2. The van der Waals surface area contributed by atoms with Crippen molar-refractivity contribution in [3.05, 3.63) is 89.4 Å². The Bertz CT molecular complexity index is 1380. The molecule has 0 spiro atoms. The van der Waals surface area contributed by atoms with Crippen LogP contribution < -0.4 is 15.0 Å². The average molecular weight is 492 g/mol. The summed E-state index contributed by atoms with van der Waals surface area (Å²) in [5.41, 5.74) is 2.89. The zero-order valence-electron chi connectivity index (χ0n) is 20.2. The van der Waals surface area contributed by atoms with Gasteiger partial charge in [0, 0.05) is 43.8 Å². The van der Waals surface area contributed by atoms with Gasteiger partial charge in [-0.2, -0.15) is 0 Å². The van der Waals surface area contributed by atoms with Crippen LogP contribution in [0, 0.1) is 18.6 Å². The minimum absolute atomic E-state index is 0.166. The maximum Gasteiger partial charge on any atom is 0.274 e. The molecule has 36 heavy (non-hydrogen) atoms. The molecule has 1 fully saturated rings. The van der Waals surface area contributed by atoms with Gasteiger partial charge in [-0.15, -0.1) is 0 Å². The number of halogens is 2. The molecule has 9 heteroatoms. The van der Waals surface area contributed by atoms with E-state index in [0.717, 1.165) is 31.9 Å². The van der Waals surface area contributed by atoms with E-state index in [1.807, 2.05) is 24.3 Å². The van der Waals surface area contributed by atoms with Crippen LogP contribution in [-0.2, 0) is 6.61 Å². The van der Waals surface area contributed by atoms with Crippen LogP contribution in [0.2, 0.25) is 0 Å². The fraction of sp³-hybridized carbons (Fsp3) is 0.259. The van der Waals surface area contributed by atoms with Gasteiger partial charge in [-0.05, 0) is 62.5 Å². The van der Waals surface area contributed by atoms with E-state index in [-0.39, 0.29) is 18.1 Å². The number of likely N-dealkylation sites (N-methyl/N-ethyl adjacent to an activating group) is 1. The number of aryl methyl sites for hydroxylation is 1. The molecule has 1 aliphatic rings. The molecule has 3 heterocycles. The summed E-state index contributed by atoms with van der Waals surface area (Å²) in [6, 6.07) is 14.8. The number of nitrogens with zero attached hydrogens (tertiary/aromatic N) is 4. The van der Waals surface area contributed by atoms with Gasteiger partial charge in [-0.3, -0.25) is 9.20 Å². The van der Waals surface area contributed by atoms with Gasteiger partial charge < -0.3 is 19.9 Å². The lowest BCUT2D eigenvalue weighted by Gasteiger charge is -2.34. The molecule has 0 aliphatic carbocycles. The lowest BCUT2D eigenvalue weighted by molar-refractivity contribution is 0.102. The number of carbonyl (C=O) groups is 1. The summed E-state index contributed by atoms with van der Waals surface area (Å²) in [5, 5.41) is 2.94. The minimum Gasteiger partial charge on any atom is -0.485 e. The largest absolute Gasteiger partial charge is 0.485 e. The van der Waals surface area contributed by atoms with Crippen LogP contribution in [-0.4, -0.2) is 53.4 Å². The molecular formula is C27H27F2N5O2. The summed E-state index contributed by atoms with van der Waals surface area (Å²) < 4.78 is 35.3. The molecule has 1 amide bonds. The highest BCUT2D eigenvalue weighted by atomic mass is 19.1. The lowest BCUT2D eigenvalue weighted by Crippen LogP contribution is -2.44. The first kappa shape index (κ1) is 23.7. The summed E-state index contributed by atoms with van der Waals surface area (Å²) in [4.78, 5) is 22.3. The van der Waals surface area contributed by atoms with Crippen molar-refractivity contribution < 1.29 is 18.3 Å². The Hall–Kier alpha value is -3.98. The molecule has 1 aliphatic heterocycles. The van der Waals surface area contributed by atoms with Crippen LogP contribution in [0.5, 0.6) is 5.75 Å². The first-order chi connectivity index (χ1) is 17.4. The highest BCUT2D eigenvalue weighted by Crippen LogP contribution is 2.25. The predicted molar refractivity (Wildman–Crippen MR) is 135 cm³/mol. The molecule has 2 aromatic heterocycles. The molecule has 5 rings (SSSR count). The Balaban J connectivity index is 1.33. The Kier molecular flexibility index (Phi) is 6.56. The van der Waals surface area contributed by atoms with Crippen molar-refractivity contribution in [2.75, 3.05) is 43.4 Å². The van der Waals surface area contributed by atoms with Crippen LogP contribution in [0.3, 0.4) is 0 Å². The molecule has 0 radical (unpaired) electrons. The van der Waals surface area contributed by atoms with E-state index in [0.29, 0.717) is 28.5 Å².